The van der Waals surface area contributed by atoms with Gasteiger partial charge >= 0.3 is 0 Å². The molecule has 0 aliphatic carbocycles. The Morgan fingerprint density at radius 1 is 1.18 bits per heavy atom. The number of carbonyl (C=O) groups excluding carboxylic acids is 1. The van der Waals surface area contributed by atoms with Crippen molar-refractivity contribution in [1.82, 2.24) is 9.62 Å². The zero-order valence-corrected chi connectivity index (χ0v) is 17.7. The van der Waals surface area contributed by atoms with Crippen molar-refractivity contribution in [1.29, 1.82) is 0 Å². The van der Waals surface area contributed by atoms with Crippen LogP contribution >= 0.6 is 11.6 Å². The fourth-order valence-corrected chi connectivity index (χ4v) is 3.67. The molecule has 8 heteroatoms. The number of halogens is 1. The summed E-state index contributed by atoms with van der Waals surface area (Å²) in [6.45, 7) is 1.87. The molecule has 2 aromatic rings. The van der Waals surface area contributed by atoms with Gasteiger partial charge in [-0.15, -0.1) is 0 Å². The highest BCUT2D eigenvalue weighted by Gasteiger charge is 2.22. The molecule has 0 bridgehead atoms. The van der Waals surface area contributed by atoms with Gasteiger partial charge in [-0.25, -0.2) is 12.7 Å². The molecule has 0 aromatic heterocycles. The van der Waals surface area contributed by atoms with E-state index in [1.165, 1.54) is 33.3 Å². The number of nitrogens with zero attached hydrogens (tertiary/aromatic N) is 1. The Kier molecular flexibility index (Phi) is 7.23. The normalized spacial score (nSPS) is 12.9. The smallest absolute Gasteiger partial charge is 0.246 e. The summed E-state index contributed by atoms with van der Waals surface area (Å²) in [5.74, 6) is -0.0538. The van der Waals surface area contributed by atoms with Crippen LogP contribution in [0.15, 0.2) is 53.4 Å². The first-order valence-corrected chi connectivity index (χ1v) is 10.3. The van der Waals surface area contributed by atoms with Gasteiger partial charge in [0, 0.05) is 25.2 Å². The molecule has 2 rings (SSSR count). The highest BCUT2D eigenvalue weighted by Crippen LogP contribution is 2.27. The summed E-state index contributed by atoms with van der Waals surface area (Å²) in [5, 5.41) is 3.48. The van der Waals surface area contributed by atoms with Crippen LogP contribution in [0.2, 0.25) is 5.02 Å². The highest BCUT2D eigenvalue weighted by molar-refractivity contribution is 7.89. The van der Waals surface area contributed by atoms with E-state index in [-0.39, 0.29) is 22.6 Å². The summed E-state index contributed by atoms with van der Waals surface area (Å²) in [5.41, 5.74) is 1.49. The van der Waals surface area contributed by atoms with Gasteiger partial charge in [-0.3, -0.25) is 4.79 Å². The van der Waals surface area contributed by atoms with Crippen molar-refractivity contribution in [2.24, 2.45) is 0 Å². The van der Waals surface area contributed by atoms with Crippen LogP contribution in [0.4, 0.5) is 0 Å². The number of methoxy groups -OCH3 is 1. The van der Waals surface area contributed by atoms with E-state index in [1.54, 1.807) is 30.3 Å². The zero-order chi connectivity index (χ0) is 20.9. The standard InChI is InChI=1S/C20H23ClN2O4S/c1-14(16-7-9-17(21)10-8-16)22-20(24)12-6-15-5-11-18(27-4)19(13-15)28(25,26)23(2)3/h5-14H,1-4H3,(H,22,24)/b12-6+/t14-/m1/s1. The van der Waals surface area contributed by atoms with Crippen molar-refractivity contribution in [3.8, 4) is 5.75 Å². The summed E-state index contributed by atoms with van der Waals surface area (Å²) in [6.07, 6.45) is 2.92. The molecule has 0 fully saturated rings. The van der Waals surface area contributed by atoms with Crippen LogP contribution in [0.5, 0.6) is 5.75 Å². The van der Waals surface area contributed by atoms with Gasteiger partial charge in [0.25, 0.3) is 0 Å². The van der Waals surface area contributed by atoms with Crippen molar-refractivity contribution in [3.05, 3.63) is 64.7 Å². The van der Waals surface area contributed by atoms with E-state index in [9.17, 15) is 13.2 Å². The van der Waals surface area contributed by atoms with E-state index < -0.39 is 10.0 Å². The molecule has 0 heterocycles. The summed E-state index contributed by atoms with van der Waals surface area (Å²) in [4.78, 5) is 12.2. The van der Waals surface area contributed by atoms with Crippen LogP contribution in [0.3, 0.4) is 0 Å². The number of amides is 1. The molecule has 1 amide bonds. The monoisotopic (exact) mass is 422 g/mol. The predicted molar refractivity (Wildman–Crippen MR) is 111 cm³/mol. The Balaban J connectivity index is 2.17. The number of hydrogen-bond acceptors (Lipinski definition) is 4. The molecule has 6 nitrogen and oxygen atoms in total. The van der Waals surface area contributed by atoms with Crippen molar-refractivity contribution in [2.45, 2.75) is 17.9 Å². The van der Waals surface area contributed by atoms with Gasteiger partial charge in [0.15, 0.2) is 0 Å². The van der Waals surface area contributed by atoms with E-state index >= 15 is 0 Å². The van der Waals surface area contributed by atoms with Crippen LogP contribution in [0, 0.1) is 0 Å². The maximum absolute atomic E-state index is 12.5. The number of nitrogens with one attached hydrogen (secondary N) is 1. The van der Waals surface area contributed by atoms with Gasteiger partial charge in [0.2, 0.25) is 15.9 Å². The van der Waals surface area contributed by atoms with E-state index in [2.05, 4.69) is 5.32 Å². The fraction of sp³-hybridized carbons (Fsp3) is 0.250. The molecule has 0 saturated carbocycles. The molecule has 0 spiro atoms. The average Bonchev–Trinajstić information content (AvgIpc) is 2.66. The quantitative estimate of drug-likeness (QED) is 0.693. The first-order chi connectivity index (χ1) is 13.1. The van der Waals surface area contributed by atoms with Crippen LogP contribution < -0.4 is 10.1 Å². The minimum Gasteiger partial charge on any atom is -0.495 e. The summed E-state index contributed by atoms with van der Waals surface area (Å²) in [6, 6.07) is 11.7. The Bertz CT molecular complexity index is 970. The van der Waals surface area contributed by atoms with E-state index in [0.717, 1.165) is 9.87 Å². The maximum Gasteiger partial charge on any atom is 0.246 e. The van der Waals surface area contributed by atoms with E-state index in [1.807, 2.05) is 19.1 Å². The largest absolute Gasteiger partial charge is 0.495 e. The maximum atomic E-state index is 12.5. The van der Waals surface area contributed by atoms with Gasteiger partial charge in [0.1, 0.15) is 10.6 Å². The number of ether oxygens (including phenoxy) is 1. The van der Waals surface area contributed by atoms with Gasteiger partial charge in [-0.2, -0.15) is 0 Å². The Morgan fingerprint density at radius 2 is 1.82 bits per heavy atom. The summed E-state index contributed by atoms with van der Waals surface area (Å²) in [7, 11) is 0.626. The molecule has 0 aliphatic heterocycles. The minimum atomic E-state index is -3.68. The van der Waals surface area contributed by atoms with Crippen LogP contribution in [-0.4, -0.2) is 39.8 Å². The number of hydrogen-bond donors (Lipinski definition) is 1. The van der Waals surface area contributed by atoms with E-state index in [0.29, 0.717) is 10.6 Å². The van der Waals surface area contributed by atoms with Gasteiger partial charge in [-0.05, 0) is 48.4 Å². The minimum absolute atomic E-state index is 0.0390. The lowest BCUT2D eigenvalue weighted by Crippen LogP contribution is -2.24. The lowest BCUT2D eigenvalue weighted by Gasteiger charge is -2.15. The fourth-order valence-electron chi connectivity index (χ4n) is 2.46. The first kappa shape index (κ1) is 21.9. The number of benzene rings is 2. The Hall–Kier alpha value is -2.35. The highest BCUT2D eigenvalue weighted by atomic mass is 35.5. The molecule has 0 aliphatic rings. The third kappa shape index (κ3) is 5.34. The Morgan fingerprint density at radius 3 is 2.39 bits per heavy atom. The van der Waals surface area contributed by atoms with Crippen molar-refractivity contribution < 1.29 is 17.9 Å². The van der Waals surface area contributed by atoms with Crippen LogP contribution in [0.25, 0.3) is 6.08 Å². The molecule has 28 heavy (non-hydrogen) atoms. The molecule has 150 valence electrons. The van der Waals surface area contributed by atoms with E-state index in [4.69, 9.17) is 16.3 Å². The molecule has 1 atom stereocenters. The first-order valence-electron chi connectivity index (χ1n) is 8.49. The van der Waals surface area contributed by atoms with Crippen molar-refractivity contribution >= 4 is 33.6 Å². The van der Waals surface area contributed by atoms with Crippen LogP contribution in [-0.2, 0) is 14.8 Å². The number of rotatable bonds is 7. The third-order valence-corrected chi connectivity index (χ3v) is 6.19. The second kappa shape index (κ2) is 9.23. The van der Waals surface area contributed by atoms with Gasteiger partial charge in [0.05, 0.1) is 13.2 Å². The molecular weight excluding hydrogens is 400 g/mol. The number of carbonyl (C=O) groups is 1. The van der Waals surface area contributed by atoms with Crippen LogP contribution in [0.1, 0.15) is 24.1 Å². The van der Waals surface area contributed by atoms with Crippen molar-refractivity contribution in [3.63, 3.8) is 0 Å². The van der Waals surface area contributed by atoms with Crippen molar-refractivity contribution in [2.75, 3.05) is 21.2 Å². The van der Waals surface area contributed by atoms with Gasteiger partial charge in [-0.1, -0.05) is 29.8 Å². The second-order valence-electron chi connectivity index (χ2n) is 6.31. The van der Waals surface area contributed by atoms with Gasteiger partial charge < -0.3 is 10.1 Å². The molecule has 2 aromatic carbocycles. The number of sulfonamides is 1. The molecule has 0 unspecified atom stereocenters. The lowest BCUT2D eigenvalue weighted by atomic mass is 10.1. The third-order valence-electron chi connectivity index (χ3n) is 4.10. The lowest BCUT2D eigenvalue weighted by molar-refractivity contribution is -0.117. The Labute approximate surface area is 170 Å². The molecular formula is C20H23ClN2O4S. The topological polar surface area (TPSA) is 75.7 Å². The SMILES string of the molecule is COc1ccc(/C=C/C(=O)N[C@H](C)c2ccc(Cl)cc2)cc1S(=O)(=O)N(C)C. The zero-order valence-electron chi connectivity index (χ0n) is 16.1. The molecule has 0 radical (unpaired) electrons. The second-order valence-corrected chi connectivity index (χ2v) is 8.87. The molecule has 1 N–H and O–H groups in total. The average molecular weight is 423 g/mol. The predicted octanol–water partition coefficient (Wildman–Crippen LogP) is 3.49. The molecule has 0 saturated heterocycles. The summed E-state index contributed by atoms with van der Waals surface area (Å²) >= 11 is 5.87. The summed E-state index contributed by atoms with van der Waals surface area (Å²) < 4.78 is 31.2.